The number of rotatable bonds is 2. The Hall–Kier alpha value is -3.87. The first-order valence-electron chi connectivity index (χ1n) is 9.57. The molecule has 0 amide bonds. The van der Waals surface area contributed by atoms with E-state index in [0.29, 0.717) is 28.3 Å². The van der Waals surface area contributed by atoms with Crippen LogP contribution in [-0.4, -0.2) is 27.6 Å². The Morgan fingerprint density at radius 3 is 2.57 bits per heavy atom. The monoisotopic (exact) mass is 403 g/mol. The Kier molecular flexibility index (Phi) is 3.83. The standard InChI is InChI=1S/C23H19N3O4/c1-25-21-18(22(28)26(2)23(25)29)16(12-7-6-8-13(11-12)30-3)17-19(24-21)14-9-4-5-10-15(14)20(17)27/h4-11,16H,1-3H3,(H,24,27,28)/p+2. The molecule has 0 saturated carbocycles. The van der Waals surface area contributed by atoms with Crippen molar-refractivity contribution in [1.29, 1.82) is 0 Å². The minimum atomic E-state index is -0.538. The van der Waals surface area contributed by atoms with E-state index < -0.39 is 5.92 Å². The number of hydrogen-bond acceptors (Lipinski definition) is 4. The number of aliphatic hydroxyl groups excluding tert-OH is 1. The van der Waals surface area contributed by atoms with E-state index >= 15 is 0 Å². The summed E-state index contributed by atoms with van der Waals surface area (Å²) in [6.45, 7) is 0. The summed E-state index contributed by atoms with van der Waals surface area (Å²) >= 11 is 0. The van der Waals surface area contributed by atoms with Crippen LogP contribution in [0.5, 0.6) is 11.8 Å². The summed E-state index contributed by atoms with van der Waals surface area (Å²) in [5.74, 6) is 0.755. The van der Waals surface area contributed by atoms with Gasteiger partial charge < -0.3 is 14.9 Å². The molecule has 2 aliphatic rings. The van der Waals surface area contributed by atoms with Crippen LogP contribution in [0.2, 0.25) is 0 Å². The summed E-state index contributed by atoms with van der Waals surface area (Å²) in [4.78, 5) is 16.6. The van der Waals surface area contributed by atoms with Gasteiger partial charge in [-0.3, -0.25) is 4.79 Å². The Morgan fingerprint density at radius 1 is 1.10 bits per heavy atom. The van der Waals surface area contributed by atoms with Gasteiger partial charge in [0.2, 0.25) is 5.71 Å². The first-order chi connectivity index (χ1) is 14.4. The van der Waals surface area contributed by atoms with Crippen LogP contribution in [0.25, 0.3) is 5.76 Å². The molecule has 30 heavy (non-hydrogen) atoms. The third-order valence-corrected chi connectivity index (χ3v) is 5.95. The van der Waals surface area contributed by atoms with E-state index in [1.165, 1.54) is 11.6 Å². The zero-order valence-corrected chi connectivity index (χ0v) is 16.8. The lowest BCUT2D eigenvalue weighted by atomic mass is 9.81. The highest BCUT2D eigenvalue weighted by Gasteiger charge is 2.49. The average Bonchev–Trinajstić information content (AvgIpc) is 3.07. The summed E-state index contributed by atoms with van der Waals surface area (Å²) in [5, 5.41) is 21.6. The molecule has 7 nitrogen and oxygen atoms in total. The molecule has 0 saturated heterocycles. The average molecular weight is 403 g/mol. The number of nitrogens with one attached hydrogen (secondary N) is 1. The quantitative estimate of drug-likeness (QED) is 0.546. The maximum atomic E-state index is 13.3. The van der Waals surface area contributed by atoms with Crippen molar-refractivity contribution in [3.63, 3.8) is 0 Å². The Morgan fingerprint density at radius 2 is 1.83 bits per heavy atom. The van der Waals surface area contributed by atoms with Crippen LogP contribution < -0.4 is 19.9 Å². The van der Waals surface area contributed by atoms with Gasteiger partial charge in [-0.2, -0.15) is 0 Å². The number of ether oxygens (including phenoxy) is 1. The van der Waals surface area contributed by atoms with Crippen LogP contribution >= 0.6 is 0 Å². The van der Waals surface area contributed by atoms with E-state index in [4.69, 9.17) is 4.74 Å². The van der Waals surface area contributed by atoms with Gasteiger partial charge in [0.1, 0.15) is 11.5 Å². The number of fused-ring (bicyclic) bond motifs is 4. The van der Waals surface area contributed by atoms with Gasteiger partial charge in [0, 0.05) is 12.6 Å². The molecule has 3 aromatic rings. The Bertz CT molecular complexity index is 1350. The number of aromatic hydroxyl groups is 1. The van der Waals surface area contributed by atoms with E-state index in [9.17, 15) is 15.0 Å². The fraction of sp³-hybridized carbons (Fsp3) is 0.174. The lowest BCUT2D eigenvalue weighted by Crippen LogP contribution is -2.75. The first-order valence-corrected chi connectivity index (χ1v) is 9.57. The van der Waals surface area contributed by atoms with Gasteiger partial charge >= 0.3 is 11.8 Å². The highest BCUT2D eigenvalue weighted by atomic mass is 16.5. The van der Waals surface area contributed by atoms with Gasteiger partial charge in [0.05, 0.1) is 24.2 Å². The Labute approximate surface area is 172 Å². The predicted octanol–water partition coefficient (Wildman–Crippen LogP) is 0.554. The summed E-state index contributed by atoms with van der Waals surface area (Å²) < 4.78 is 8.15. The molecule has 0 bridgehead atoms. The number of hydrogen-bond donors (Lipinski definition) is 3. The second-order valence-electron chi connectivity index (χ2n) is 7.50. The molecule has 1 aromatic heterocycles. The fourth-order valence-corrected chi connectivity index (χ4v) is 4.44. The van der Waals surface area contributed by atoms with Crippen LogP contribution in [0.15, 0.2) is 58.9 Å². The van der Waals surface area contributed by atoms with Crippen LogP contribution in [0, 0.1) is 0 Å². The second-order valence-corrected chi connectivity index (χ2v) is 7.50. The van der Waals surface area contributed by atoms with E-state index in [1.807, 2.05) is 48.5 Å². The number of aliphatic hydroxyl groups is 1. The third kappa shape index (κ3) is 2.29. The summed E-state index contributed by atoms with van der Waals surface area (Å²) in [6.07, 6.45) is 0. The highest BCUT2D eigenvalue weighted by Crippen LogP contribution is 2.43. The van der Waals surface area contributed by atoms with E-state index in [-0.39, 0.29) is 17.3 Å². The molecule has 0 fully saturated rings. The van der Waals surface area contributed by atoms with Crippen molar-refractivity contribution in [3.8, 4) is 11.8 Å². The number of benzene rings is 2. The molecule has 3 N–H and O–H groups in total. The zero-order chi connectivity index (χ0) is 21.2. The molecular formula is C23H21N3O4+2. The van der Waals surface area contributed by atoms with Crippen LogP contribution in [-0.2, 0) is 14.1 Å². The Balaban J connectivity index is 1.92. The molecule has 1 aliphatic carbocycles. The molecule has 150 valence electrons. The maximum Gasteiger partial charge on any atom is 0.462 e. The lowest BCUT2D eigenvalue weighted by Gasteiger charge is -2.21. The van der Waals surface area contributed by atoms with Crippen molar-refractivity contribution in [2.75, 3.05) is 7.11 Å². The smallest absolute Gasteiger partial charge is 0.462 e. The highest BCUT2D eigenvalue weighted by molar-refractivity contribution is 6.21. The van der Waals surface area contributed by atoms with Crippen LogP contribution in [0.3, 0.4) is 0 Å². The van der Waals surface area contributed by atoms with Crippen molar-refractivity contribution < 1.29 is 24.5 Å². The van der Waals surface area contributed by atoms with Crippen molar-refractivity contribution in [1.82, 2.24) is 4.57 Å². The topological polar surface area (TPSA) is 89.5 Å². The zero-order valence-electron chi connectivity index (χ0n) is 16.8. The largest absolute Gasteiger partial charge is 0.507 e. The van der Waals surface area contributed by atoms with Gasteiger partial charge in [-0.25, -0.2) is 4.57 Å². The minimum absolute atomic E-state index is 0.143. The molecule has 2 heterocycles. The summed E-state index contributed by atoms with van der Waals surface area (Å²) in [6, 6.07) is 14.9. The van der Waals surface area contributed by atoms with Crippen LogP contribution in [0.1, 0.15) is 28.2 Å². The molecule has 7 heteroatoms. The van der Waals surface area contributed by atoms with Gasteiger partial charge in [0.25, 0.3) is 5.56 Å². The number of allylic oxidation sites excluding steroid dienone is 1. The summed E-state index contributed by atoms with van der Waals surface area (Å²) in [7, 11) is 4.81. The third-order valence-electron chi connectivity index (χ3n) is 5.95. The normalized spacial score (nSPS) is 16.6. The van der Waals surface area contributed by atoms with E-state index in [2.05, 4.69) is 4.99 Å². The maximum absolute atomic E-state index is 13.3. The number of nitrogens with zero attached hydrogens (tertiary/aromatic N) is 2. The van der Waals surface area contributed by atoms with Crippen molar-refractivity contribution in [3.05, 3.63) is 86.7 Å². The van der Waals surface area contributed by atoms with E-state index in [0.717, 1.165) is 16.8 Å². The van der Waals surface area contributed by atoms with Gasteiger partial charge in [-0.15, -0.1) is 4.99 Å². The fourth-order valence-electron chi connectivity index (χ4n) is 4.44. The second kappa shape index (κ2) is 6.32. The first kappa shape index (κ1) is 18.2. The van der Waals surface area contributed by atoms with Gasteiger partial charge in [0.15, 0.2) is 12.6 Å². The van der Waals surface area contributed by atoms with Crippen molar-refractivity contribution in [2.45, 2.75) is 5.92 Å². The van der Waals surface area contributed by atoms with Crippen molar-refractivity contribution >= 4 is 17.3 Å². The van der Waals surface area contributed by atoms with Gasteiger partial charge in [-0.1, -0.05) is 34.9 Å². The van der Waals surface area contributed by atoms with E-state index in [1.54, 1.807) is 18.7 Å². The molecule has 1 aliphatic heterocycles. The van der Waals surface area contributed by atoms with Crippen molar-refractivity contribution in [2.24, 2.45) is 14.1 Å². The molecular weight excluding hydrogens is 382 g/mol. The summed E-state index contributed by atoms with van der Waals surface area (Å²) in [5.41, 5.74) is 3.85. The molecule has 1 atom stereocenters. The number of methoxy groups -OCH3 is 1. The predicted molar refractivity (Wildman–Crippen MR) is 110 cm³/mol. The molecule has 2 aromatic carbocycles. The molecule has 0 radical (unpaired) electrons. The van der Waals surface area contributed by atoms with Gasteiger partial charge in [-0.05, 0) is 23.8 Å². The molecule has 1 unspecified atom stereocenters. The molecule has 5 rings (SSSR count). The minimum Gasteiger partial charge on any atom is -0.507 e. The molecule has 0 spiro atoms. The number of aromatic nitrogens is 2. The SMILES string of the molecule is COc1cccc(C2C3=C(O)c4ccccc4C3=[NH+]c3c2c(=O)n(C)c(O)[n+]3C)c1. The lowest BCUT2D eigenvalue weighted by molar-refractivity contribution is -0.723. The van der Waals surface area contributed by atoms with Crippen LogP contribution in [0.4, 0.5) is 5.82 Å².